The van der Waals surface area contributed by atoms with E-state index in [2.05, 4.69) is 30.8 Å². The van der Waals surface area contributed by atoms with Crippen LogP contribution in [0.5, 0.6) is 0 Å². The van der Waals surface area contributed by atoms with Gasteiger partial charge in [-0.05, 0) is 11.5 Å². The molecule has 0 spiro atoms. The summed E-state index contributed by atoms with van der Waals surface area (Å²) in [4.78, 5) is 16.7. The van der Waals surface area contributed by atoms with E-state index in [0.717, 1.165) is 26.2 Å². The van der Waals surface area contributed by atoms with E-state index in [1.165, 1.54) is 0 Å². The van der Waals surface area contributed by atoms with Gasteiger partial charge in [-0.2, -0.15) is 5.10 Å². The van der Waals surface area contributed by atoms with Gasteiger partial charge in [0, 0.05) is 45.1 Å². The summed E-state index contributed by atoms with van der Waals surface area (Å²) in [6, 6.07) is 1.87. The maximum Gasteiger partial charge on any atom is 0.227 e. The number of aromatic nitrogens is 2. The van der Waals surface area contributed by atoms with Crippen molar-refractivity contribution in [2.75, 3.05) is 32.7 Å². The molecular formula is C17H30N4O2. The van der Waals surface area contributed by atoms with E-state index in [4.69, 9.17) is 0 Å². The third-order valence-electron chi connectivity index (χ3n) is 4.56. The second kappa shape index (κ2) is 7.45. The number of carbonyl (C=O) groups is 1. The predicted molar refractivity (Wildman–Crippen MR) is 89.9 cm³/mol. The molecule has 0 unspecified atom stereocenters. The molecule has 1 aromatic heterocycles. The van der Waals surface area contributed by atoms with Gasteiger partial charge in [0.05, 0.1) is 18.6 Å². The fraction of sp³-hybridized carbons (Fsp3) is 0.765. The number of carbonyl (C=O) groups excluding carboxylic acids is 1. The number of nitrogens with zero attached hydrogens (tertiary/aromatic N) is 4. The zero-order valence-corrected chi connectivity index (χ0v) is 14.8. The summed E-state index contributed by atoms with van der Waals surface area (Å²) >= 11 is 0. The van der Waals surface area contributed by atoms with Crippen LogP contribution in [0.3, 0.4) is 0 Å². The Morgan fingerprint density at radius 3 is 2.39 bits per heavy atom. The zero-order chi connectivity index (χ0) is 17.0. The minimum atomic E-state index is -0.344. The summed E-state index contributed by atoms with van der Waals surface area (Å²) in [6.07, 6.45) is 3.27. The number of aliphatic hydroxyl groups excluding tert-OH is 1. The molecule has 2 atom stereocenters. The fourth-order valence-corrected chi connectivity index (χ4v) is 2.75. The van der Waals surface area contributed by atoms with Crippen LogP contribution in [0.1, 0.15) is 27.7 Å². The maximum absolute atomic E-state index is 12.5. The van der Waals surface area contributed by atoms with Gasteiger partial charge in [0.1, 0.15) is 0 Å². The van der Waals surface area contributed by atoms with Crippen molar-refractivity contribution in [1.82, 2.24) is 19.6 Å². The van der Waals surface area contributed by atoms with E-state index in [0.29, 0.717) is 13.1 Å². The van der Waals surface area contributed by atoms with Gasteiger partial charge in [-0.25, -0.2) is 0 Å². The lowest BCUT2D eigenvalue weighted by molar-refractivity contribution is -0.137. The Hall–Kier alpha value is -1.40. The minimum Gasteiger partial charge on any atom is -0.391 e. The van der Waals surface area contributed by atoms with Gasteiger partial charge >= 0.3 is 0 Å². The topological polar surface area (TPSA) is 61.6 Å². The molecule has 23 heavy (non-hydrogen) atoms. The van der Waals surface area contributed by atoms with Crippen LogP contribution in [0.4, 0.5) is 0 Å². The first-order chi connectivity index (χ1) is 10.8. The van der Waals surface area contributed by atoms with Crippen LogP contribution in [0, 0.1) is 11.3 Å². The largest absolute Gasteiger partial charge is 0.391 e. The van der Waals surface area contributed by atoms with E-state index < -0.39 is 0 Å². The van der Waals surface area contributed by atoms with Crippen LogP contribution in [-0.2, 0) is 11.3 Å². The van der Waals surface area contributed by atoms with Crippen molar-refractivity contribution in [3.8, 4) is 0 Å². The van der Waals surface area contributed by atoms with Crippen LogP contribution >= 0.6 is 0 Å². The third kappa shape index (κ3) is 5.04. The highest BCUT2D eigenvalue weighted by Gasteiger charge is 2.29. The summed E-state index contributed by atoms with van der Waals surface area (Å²) in [5, 5.41) is 14.4. The van der Waals surface area contributed by atoms with Crippen molar-refractivity contribution < 1.29 is 9.90 Å². The molecule has 1 fully saturated rings. The normalized spacial score (nSPS) is 19.6. The van der Waals surface area contributed by atoms with Crippen LogP contribution in [0.2, 0.25) is 0 Å². The summed E-state index contributed by atoms with van der Waals surface area (Å²) < 4.78 is 1.80. The van der Waals surface area contributed by atoms with Gasteiger partial charge < -0.3 is 10.0 Å². The van der Waals surface area contributed by atoms with Gasteiger partial charge in [-0.1, -0.05) is 27.7 Å². The number of amides is 1. The Bertz CT molecular complexity index is 487. The highest BCUT2D eigenvalue weighted by atomic mass is 16.3. The SMILES string of the molecule is C[C@@H](Cn1cccn1)C(=O)N1CCN(C[C@@H](O)C(C)(C)C)CC1. The quantitative estimate of drug-likeness (QED) is 0.881. The number of piperazine rings is 1. The van der Waals surface area contributed by atoms with Gasteiger partial charge in [0.15, 0.2) is 0 Å². The summed E-state index contributed by atoms with van der Waals surface area (Å²) in [5.74, 6) is 0.123. The first kappa shape index (κ1) is 17.9. The molecule has 0 radical (unpaired) electrons. The van der Waals surface area contributed by atoms with Gasteiger partial charge in [-0.3, -0.25) is 14.4 Å². The molecule has 1 aliphatic rings. The molecular weight excluding hydrogens is 292 g/mol. The van der Waals surface area contributed by atoms with Crippen molar-refractivity contribution in [3.63, 3.8) is 0 Å². The van der Waals surface area contributed by atoms with Crippen LogP contribution in [0.25, 0.3) is 0 Å². The Labute approximate surface area is 139 Å². The molecule has 2 heterocycles. The highest BCUT2D eigenvalue weighted by Crippen LogP contribution is 2.20. The first-order valence-corrected chi connectivity index (χ1v) is 8.44. The second-order valence-electron chi connectivity index (χ2n) is 7.64. The van der Waals surface area contributed by atoms with Gasteiger partial charge in [0.2, 0.25) is 5.91 Å². The molecule has 2 rings (SSSR count). The number of rotatable bonds is 5. The van der Waals surface area contributed by atoms with Crippen molar-refractivity contribution in [3.05, 3.63) is 18.5 Å². The van der Waals surface area contributed by atoms with Crippen molar-refractivity contribution in [2.24, 2.45) is 11.3 Å². The average molecular weight is 322 g/mol. The van der Waals surface area contributed by atoms with E-state index in [9.17, 15) is 9.90 Å². The lowest BCUT2D eigenvalue weighted by atomic mass is 9.89. The number of β-amino-alcohol motifs (C(OH)–C–C–N with tert-alkyl or cyclic N) is 1. The second-order valence-corrected chi connectivity index (χ2v) is 7.64. The number of aliphatic hydroxyl groups is 1. The lowest BCUT2D eigenvalue weighted by Gasteiger charge is -2.38. The summed E-state index contributed by atoms with van der Waals surface area (Å²) in [6.45, 7) is 12.5. The molecule has 0 aliphatic carbocycles. The Morgan fingerprint density at radius 2 is 1.87 bits per heavy atom. The predicted octanol–water partition coefficient (Wildman–Crippen LogP) is 1.07. The van der Waals surface area contributed by atoms with Crippen LogP contribution in [0.15, 0.2) is 18.5 Å². The minimum absolute atomic E-state index is 0.0679. The smallest absolute Gasteiger partial charge is 0.227 e. The fourth-order valence-electron chi connectivity index (χ4n) is 2.75. The van der Waals surface area contributed by atoms with Gasteiger partial charge in [-0.15, -0.1) is 0 Å². The molecule has 1 amide bonds. The molecule has 6 heteroatoms. The molecule has 6 nitrogen and oxygen atoms in total. The Kier molecular flexibility index (Phi) is 5.81. The van der Waals surface area contributed by atoms with E-state index in [1.807, 2.05) is 24.1 Å². The Balaban J connectivity index is 1.78. The van der Waals surface area contributed by atoms with Gasteiger partial charge in [0.25, 0.3) is 0 Å². The number of hydrogen-bond donors (Lipinski definition) is 1. The third-order valence-corrected chi connectivity index (χ3v) is 4.56. The molecule has 0 bridgehead atoms. The van der Waals surface area contributed by atoms with E-state index in [-0.39, 0.29) is 23.3 Å². The van der Waals surface area contributed by atoms with E-state index in [1.54, 1.807) is 10.9 Å². The molecule has 1 aliphatic heterocycles. The highest BCUT2D eigenvalue weighted by molar-refractivity contribution is 5.78. The van der Waals surface area contributed by atoms with Crippen molar-refractivity contribution in [2.45, 2.75) is 40.3 Å². The van der Waals surface area contributed by atoms with Crippen LogP contribution in [-0.4, -0.2) is 69.4 Å². The number of hydrogen-bond acceptors (Lipinski definition) is 4. The molecule has 1 aromatic rings. The monoisotopic (exact) mass is 322 g/mol. The summed E-state index contributed by atoms with van der Waals surface area (Å²) in [7, 11) is 0. The van der Waals surface area contributed by atoms with Crippen molar-refractivity contribution >= 4 is 5.91 Å². The van der Waals surface area contributed by atoms with Crippen molar-refractivity contribution in [1.29, 1.82) is 0 Å². The molecule has 1 saturated heterocycles. The zero-order valence-electron chi connectivity index (χ0n) is 14.8. The lowest BCUT2D eigenvalue weighted by Crippen LogP contribution is -2.52. The standard InChI is InChI=1S/C17H30N4O2/c1-14(12-21-7-5-6-18-21)16(23)20-10-8-19(9-11-20)13-15(22)17(2,3)4/h5-7,14-15,22H,8-13H2,1-4H3/t14-,15+/m0/s1. The average Bonchev–Trinajstić information content (AvgIpc) is 2.99. The Morgan fingerprint density at radius 1 is 1.22 bits per heavy atom. The molecule has 0 saturated carbocycles. The first-order valence-electron chi connectivity index (χ1n) is 8.44. The molecule has 0 aromatic carbocycles. The summed E-state index contributed by atoms with van der Waals surface area (Å²) in [5.41, 5.74) is -0.106. The van der Waals surface area contributed by atoms with E-state index >= 15 is 0 Å². The molecule has 1 N–H and O–H groups in total. The van der Waals surface area contributed by atoms with Crippen LogP contribution < -0.4 is 0 Å². The molecule has 130 valence electrons. The maximum atomic E-state index is 12.5.